The number of likely N-dealkylation sites (N-methyl/N-ethyl adjacent to an activating group) is 1. The first-order valence-corrected chi connectivity index (χ1v) is 4.35. The number of rotatable bonds is 2. The first-order chi connectivity index (χ1) is 5.70. The average molecular weight is 171 g/mol. The van der Waals surface area contributed by atoms with Gasteiger partial charge in [-0.15, -0.1) is 0 Å². The summed E-state index contributed by atoms with van der Waals surface area (Å²) >= 11 is 0. The van der Waals surface area contributed by atoms with Crippen LogP contribution in [0, 0.1) is 0 Å². The van der Waals surface area contributed by atoms with E-state index in [1.807, 2.05) is 0 Å². The Morgan fingerprint density at radius 1 is 1.75 bits per heavy atom. The van der Waals surface area contributed by atoms with Gasteiger partial charge in [-0.2, -0.15) is 0 Å². The van der Waals surface area contributed by atoms with Crippen LogP contribution in [0.25, 0.3) is 0 Å². The third-order valence-corrected chi connectivity index (χ3v) is 2.23. The number of hydrogen-bond acceptors (Lipinski definition) is 3. The van der Waals surface area contributed by atoms with Crippen molar-refractivity contribution >= 4 is 5.91 Å². The largest absolute Gasteiger partial charge is 0.355 e. The van der Waals surface area contributed by atoms with Gasteiger partial charge in [0, 0.05) is 39.1 Å². The van der Waals surface area contributed by atoms with E-state index in [0.717, 1.165) is 26.2 Å². The summed E-state index contributed by atoms with van der Waals surface area (Å²) in [4.78, 5) is 12.9. The number of amides is 1. The van der Waals surface area contributed by atoms with E-state index in [0.29, 0.717) is 6.04 Å². The zero-order chi connectivity index (χ0) is 8.97. The van der Waals surface area contributed by atoms with E-state index in [2.05, 4.69) is 22.6 Å². The number of carbonyl (C=O) groups is 1. The van der Waals surface area contributed by atoms with E-state index in [9.17, 15) is 4.79 Å². The Labute approximate surface area is 73.3 Å². The molecule has 1 heterocycles. The van der Waals surface area contributed by atoms with Gasteiger partial charge in [0.15, 0.2) is 0 Å². The van der Waals surface area contributed by atoms with Gasteiger partial charge in [0.1, 0.15) is 0 Å². The van der Waals surface area contributed by atoms with Gasteiger partial charge in [-0.05, 0) is 7.05 Å². The lowest BCUT2D eigenvalue weighted by Gasteiger charge is -2.32. The Hall–Kier alpha value is -0.610. The zero-order valence-electron chi connectivity index (χ0n) is 7.76. The Balaban J connectivity index is 2.24. The number of piperazine rings is 1. The molecule has 0 aliphatic carbocycles. The number of nitrogens with zero attached hydrogens (tertiary/aromatic N) is 1. The second kappa shape index (κ2) is 4.42. The Bertz CT molecular complexity index is 160. The fourth-order valence-electron chi connectivity index (χ4n) is 1.35. The molecular weight excluding hydrogens is 154 g/mol. The fraction of sp³-hybridized carbons (Fsp3) is 0.875. The summed E-state index contributed by atoms with van der Waals surface area (Å²) in [6, 6.07) is 0.447. The Kier molecular flexibility index (Phi) is 3.49. The molecule has 1 fully saturated rings. The molecule has 2 N–H and O–H groups in total. The molecule has 0 aromatic carbocycles. The summed E-state index contributed by atoms with van der Waals surface area (Å²) in [6.07, 6.45) is 0. The van der Waals surface area contributed by atoms with Crippen LogP contribution < -0.4 is 10.6 Å². The maximum absolute atomic E-state index is 10.6. The van der Waals surface area contributed by atoms with Crippen LogP contribution in [0.2, 0.25) is 0 Å². The molecule has 0 spiro atoms. The van der Waals surface area contributed by atoms with Crippen molar-refractivity contribution in [2.45, 2.75) is 13.0 Å². The highest BCUT2D eigenvalue weighted by molar-refractivity contribution is 5.72. The van der Waals surface area contributed by atoms with Crippen molar-refractivity contribution in [2.24, 2.45) is 0 Å². The van der Waals surface area contributed by atoms with Gasteiger partial charge in [-0.1, -0.05) is 0 Å². The summed E-state index contributed by atoms with van der Waals surface area (Å²) in [5, 5.41) is 6.12. The first kappa shape index (κ1) is 9.48. The van der Waals surface area contributed by atoms with Crippen LogP contribution >= 0.6 is 0 Å². The molecule has 0 aromatic rings. The number of carbonyl (C=O) groups excluding carboxylic acids is 1. The van der Waals surface area contributed by atoms with Gasteiger partial charge in [-0.3, -0.25) is 9.69 Å². The van der Waals surface area contributed by atoms with Crippen LogP contribution in [0.3, 0.4) is 0 Å². The van der Waals surface area contributed by atoms with E-state index in [4.69, 9.17) is 0 Å². The minimum Gasteiger partial charge on any atom is -0.355 e. The van der Waals surface area contributed by atoms with Gasteiger partial charge in [0.2, 0.25) is 5.91 Å². The molecule has 4 heteroatoms. The predicted octanol–water partition coefficient (Wildman–Crippen LogP) is -0.974. The van der Waals surface area contributed by atoms with Crippen molar-refractivity contribution in [2.75, 3.05) is 33.2 Å². The minimum atomic E-state index is 0.0500. The second-order valence-electron chi connectivity index (χ2n) is 3.28. The van der Waals surface area contributed by atoms with Crippen LogP contribution in [0.5, 0.6) is 0 Å². The molecule has 0 bridgehead atoms. The van der Waals surface area contributed by atoms with Crippen molar-refractivity contribution < 1.29 is 4.79 Å². The van der Waals surface area contributed by atoms with Crippen molar-refractivity contribution in [3.05, 3.63) is 0 Å². The topological polar surface area (TPSA) is 44.4 Å². The molecule has 1 aliphatic heterocycles. The molecule has 70 valence electrons. The Morgan fingerprint density at radius 2 is 2.50 bits per heavy atom. The quantitative estimate of drug-likeness (QED) is 0.561. The predicted molar refractivity (Wildman–Crippen MR) is 48.0 cm³/mol. The van der Waals surface area contributed by atoms with Gasteiger partial charge >= 0.3 is 0 Å². The number of nitrogens with one attached hydrogen (secondary N) is 2. The highest BCUT2D eigenvalue weighted by Gasteiger charge is 2.17. The lowest BCUT2D eigenvalue weighted by Crippen LogP contribution is -2.53. The molecular formula is C8H17N3O. The average Bonchev–Trinajstić information content (AvgIpc) is 2.03. The molecule has 1 saturated heterocycles. The van der Waals surface area contributed by atoms with Gasteiger partial charge < -0.3 is 10.6 Å². The summed E-state index contributed by atoms with van der Waals surface area (Å²) < 4.78 is 0. The van der Waals surface area contributed by atoms with Crippen LogP contribution in [-0.2, 0) is 4.79 Å². The lowest BCUT2D eigenvalue weighted by molar-refractivity contribution is -0.119. The molecule has 1 amide bonds. The van der Waals surface area contributed by atoms with Crippen molar-refractivity contribution in [1.29, 1.82) is 0 Å². The Morgan fingerprint density at radius 3 is 3.08 bits per heavy atom. The summed E-state index contributed by atoms with van der Waals surface area (Å²) in [6.45, 7) is 5.38. The lowest BCUT2D eigenvalue weighted by atomic mass is 10.2. The minimum absolute atomic E-state index is 0.0500. The zero-order valence-corrected chi connectivity index (χ0v) is 7.76. The van der Waals surface area contributed by atoms with Gasteiger partial charge in [0.05, 0.1) is 0 Å². The summed E-state index contributed by atoms with van der Waals surface area (Å²) in [7, 11) is 2.09. The standard InChI is InChI=1S/C8H17N3O/c1-7(12)10-6-8-5-9-3-4-11(8)2/h8-9H,3-6H2,1-2H3,(H,10,12). The molecule has 0 aromatic heterocycles. The van der Waals surface area contributed by atoms with Crippen LogP contribution in [0.4, 0.5) is 0 Å². The van der Waals surface area contributed by atoms with Crippen LogP contribution in [0.15, 0.2) is 0 Å². The molecule has 1 unspecified atom stereocenters. The number of hydrogen-bond donors (Lipinski definition) is 2. The van der Waals surface area contributed by atoms with Crippen LogP contribution in [0.1, 0.15) is 6.92 Å². The van der Waals surface area contributed by atoms with E-state index >= 15 is 0 Å². The monoisotopic (exact) mass is 171 g/mol. The molecule has 1 rings (SSSR count). The highest BCUT2D eigenvalue weighted by Crippen LogP contribution is 1.97. The maximum Gasteiger partial charge on any atom is 0.216 e. The van der Waals surface area contributed by atoms with E-state index in [-0.39, 0.29) is 5.91 Å². The van der Waals surface area contributed by atoms with Crippen molar-refractivity contribution in [3.63, 3.8) is 0 Å². The molecule has 4 nitrogen and oxygen atoms in total. The van der Waals surface area contributed by atoms with Crippen molar-refractivity contribution in [3.8, 4) is 0 Å². The molecule has 12 heavy (non-hydrogen) atoms. The van der Waals surface area contributed by atoms with Crippen molar-refractivity contribution in [1.82, 2.24) is 15.5 Å². The van der Waals surface area contributed by atoms with Crippen LogP contribution in [-0.4, -0.2) is 50.1 Å². The third-order valence-electron chi connectivity index (χ3n) is 2.23. The van der Waals surface area contributed by atoms with Gasteiger partial charge in [0.25, 0.3) is 0 Å². The SMILES string of the molecule is CC(=O)NCC1CNCCN1C. The third kappa shape index (κ3) is 2.79. The second-order valence-corrected chi connectivity index (χ2v) is 3.28. The maximum atomic E-state index is 10.6. The van der Waals surface area contributed by atoms with E-state index in [1.165, 1.54) is 0 Å². The summed E-state index contributed by atoms with van der Waals surface area (Å²) in [5.41, 5.74) is 0. The smallest absolute Gasteiger partial charge is 0.216 e. The van der Waals surface area contributed by atoms with E-state index < -0.39 is 0 Å². The fourth-order valence-corrected chi connectivity index (χ4v) is 1.35. The summed E-state index contributed by atoms with van der Waals surface area (Å²) in [5.74, 6) is 0.0500. The first-order valence-electron chi connectivity index (χ1n) is 4.35. The molecule has 0 radical (unpaired) electrons. The molecule has 1 atom stereocenters. The van der Waals surface area contributed by atoms with Gasteiger partial charge in [-0.25, -0.2) is 0 Å². The molecule has 0 saturated carbocycles. The normalized spacial score (nSPS) is 25.3. The highest BCUT2D eigenvalue weighted by atomic mass is 16.1. The molecule has 1 aliphatic rings. The van der Waals surface area contributed by atoms with E-state index in [1.54, 1.807) is 6.92 Å².